The third-order valence-corrected chi connectivity index (χ3v) is 3.34. The lowest BCUT2D eigenvalue weighted by molar-refractivity contribution is -0.147. The van der Waals surface area contributed by atoms with E-state index in [-0.39, 0.29) is 16.7 Å². The van der Waals surface area contributed by atoms with Crippen molar-refractivity contribution in [3.8, 4) is 0 Å². The standard InChI is InChI=1S/C10H15NO3/c1-9(2)4-10(5-9)3-6(12)11-7(10)8(13)14/h7H,3-5H2,1-2H3,(H,11,12)(H,13,14). The third kappa shape index (κ3) is 1.21. The van der Waals surface area contributed by atoms with Gasteiger partial charge in [-0.15, -0.1) is 0 Å². The van der Waals surface area contributed by atoms with Gasteiger partial charge in [-0.2, -0.15) is 0 Å². The van der Waals surface area contributed by atoms with Gasteiger partial charge in [-0.05, 0) is 18.3 Å². The van der Waals surface area contributed by atoms with E-state index in [0.717, 1.165) is 12.8 Å². The zero-order chi connectivity index (χ0) is 10.6. The fourth-order valence-electron chi connectivity index (χ4n) is 3.29. The third-order valence-electron chi connectivity index (χ3n) is 3.34. The summed E-state index contributed by atoms with van der Waals surface area (Å²) in [5.41, 5.74) is -0.105. The van der Waals surface area contributed by atoms with Gasteiger partial charge in [0.1, 0.15) is 6.04 Å². The van der Waals surface area contributed by atoms with Crippen LogP contribution in [-0.4, -0.2) is 23.0 Å². The Hall–Kier alpha value is -1.06. The number of amides is 1. The van der Waals surface area contributed by atoms with Gasteiger partial charge in [0.15, 0.2) is 0 Å². The minimum absolute atomic E-state index is 0.118. The molecule has 0 aromatic heterocycles. The van der Waals surface area contributed by atoms with Crippen LogP contribution in [0.3, 0.4) is 0 Å². The maximum Gasteiger partial charge on any atom is 0.326 e. The molecule has 2 aliphatic rings. The Labute approximate surface area is 82.7 Å². The second-order valence-electron chi connectivity index (χ2n) is 5.40. The highest BCUT2D eigenvalue weighted by atomic mass is 16.4. The Balaban J connectivity index is 2.19. The first-order valence-electron chi connectivity index (χ1n) is 4.87. The molecule has 1 aliphatic carbocycles. The van der Waals surface area contributed by atoms with Gasteiger partial charge in [0.2, 0.25) is 5.91 Å². The minimum atomic E-state index is -0.897. The first kappa shape index (κ1) is 9.49. The van der Waals surface area contributed by atoms with Crippen molar-refractivity contribution in [1.82, 2.24) is 5.32 Å². The van der Waals surface area contributed by atoms with E-state index in [2.05, 4.69) is 19.2 Å². The molecule has 0 radical (unpaired) electrons. The number of carboxylic acid groups (broad SMARTS) is 1. The topological polar surface area (TPSA) is 66.4 Å². The summed E-state index contributed by atoms with van der Waals surface area (Å²) in [6, 6.07) is -0.664. The fourth-order valence-corrected chi connectivity index (χ4v) is 3.29. The molecule has 14 heavy (non-hydrogen) atoms. The van der Waals surface area contributed by atoms with Crippen molar-refractivity contribution in [3.63, 3.8) is 0 Å². The molecule has 0 bridgehead atoms. The Morgan fingerprint density at radius 2 is 2.07 bits per heavy atom. The summed E-state index contributed by atoms with van der Waals surface area (Å²) in [6.45, 7) is 4.22. The van der Waals surface area contributed by atoms with Crippen LogP contribution in [0.4, 0.5) is 0 Å². The second-order valence-corrected chi connectivity index (χ2v) is 5.40. The van der Waals surface area contributed by atoms with Crippen LogP contribution in [0, 0.1) is 10.8 Å². The molecule has 1 unspecified atom stereocenters. The van der Waals surface area contributed by atoms with Crippen LogP contribution in [0.2, 0.25) is 0 Å². The van der Waals surface area contributed by atoms with E-state index >= 15 is 0 Å². The van der Waals surface area contributed by atoms with Gasteiger partial charge in [-0.1, -0.05) is 13.8 Å². The van der Waals surface area contributed by atoms with Crippen LogP contribution in [0.1, 0.15) is 33.1 Å². The van der Waals surface area contributed by atoms with Crippen molar-refractivity contribution in [1.29, 1.82) is 0 Å². The van der Waals surface area contributed by atoms with Crippen LogP contribution >= 0.6 is 0 Å². The minimum Gasteiger partial charge on any atom is -0.480 e. The van der Waals surface area contributed by atoms with Crippen molar-refractivity contribution in [2.45, 2.75) is 39.2 Å². The molecule has 1 amide bonds. The lowest BCUT2D eigenvalue weighted by atomic mass is 9.51. The summed E-state index contributed by atoms with van der Waals surface area (Å²) in [5, 5.41) is 11.5. The molecule has 1 spiro atoms. The number of rotatable bonds is 1. The van der Waals surface area contributed by atoms with Crippen molar-refractivity contribution >= 4 is 11.9 Å². The molecule has 2 fully saturated rings. The molecule has 1 heterocycles. The van der Waals surface area contributed by atoms with Crippen molar-refractivity contribution < 1.29 is 14.7 Å². The highest BCUT2D eigenvalue weighted by Crippen LogP contribution is 2.59. The van der Waals surface area contributed by atoms with Gasteiger partial charge in [0.25, 0.3) is 0 Å². The highest BCUT2D eigenvalue weighted by molar-refractivity contribution is 5.89. The van der Waals surface area contributed by atoms with Gasteiger partial charge in [0, 0.05) is 11.8 Å². The lowest BCUT2D eigenvalue weighted by Crippen LogP contribution is -2.53. The quantitative estimate of drug-likeness (QED) is 0.652. The van der Waals surface area contributed by atoms with Crippen molar-refractivity contribution in [3.05, 3.63) is 0 Å². The number of hydrogen-bond donors (Lipinski definition) is 2. The lowest BCUT2D eigenvalue weighted by Gasteiger charge is -2.52. The average Bonchev–Trinajstić information content (AvgIpc) is 2.24. The van der Waals surface area contributed by atoms with E-state index < -0.39 is 12.0 Å². The molecule has 1 atom stereocenters. The largest absolute Gasteiger partial charge is 0.480 e. The number of hydrogen-bond acceptors (Lipinski definition) is 2. The average molecular weight is 197 g/mol. The monoisotopic (exact) mass is 197 g/mol. The summed E-state index contributed by atoms with van der Waals surface area (Å²) in [6.07, 6.45) is 2.04. The zero-order valence-corrected chi connectivity index (χ0v) is 8.46. The highest BCUT2D eigenvalue weighted by Gasteiger charge is 2.60. The van der Waals surface area contributed by atoms with E-state index in [1.807, 2.05) is 0 Å². The van der Waals surface area contributed by atoms with Gasteiger partial charge < -0.3 is 10.4 Å². The Kier molecular flexibility index (Phi) is 1.69. The van der Waals surface area contributed by atoms with E-state index in [1.165, 1.54) is 0 Å². The summed E-state index contributed by atoms with van der Waals surface area (Å²) < 4.78 is 0. The van der Waals surface area contributed by atoms with Gasteiger partial charge >= 0.3 is 5.97 Å². The smallest absolute Gasteiger partial charge is 0.326 e. The molecule has 0 aromatic carbocycles. The molecular weight excluding hydrogens is 182 g/mol. The van der Waals surface area contributed by atoms with E-state index in [9.17, 15) is 9.59 Å². The summed E-state index contributed by atoms with van der Waals surface area (Å²) in [4.78, 5) is 22.2. The molecule has 4 nitrogen and oxygen atoms in total. The van der Waals surface area contributed by atoms with Gasteiger partial charge in [-0.3, -0.25) is 4.79 Å². The number of carbonyl (C=O) groups is 2. The van der Waals surface area contributed by atoms with E-state index in [4.69, 9.17) is 5.11 Å². The molecule has 1 saturated heterocycles. The maximum atomic E-state index is 11.2. The predicted octanol–water partition coefficient (Wildman–Crippen LogP) is 0.766. The Morgan fingerprint density at radius 1 is 1.50 bits per heavy atom. The SMILES string of the molecule is CC1(C)CC2(CC(=O)NC2C(=O)O)C1. The Bertz CT molecular complexity index is 300. The predicted molar refractivity (Wildman–Crippen MR) is 49.6 cm³/mol. The molecular formula is C10H15NO3. The molecule has 1 saturated carbocycles. The summed E-state index contributed by atoms with van der Waals surface area (Å²) >= 11 is 0. The molecule has 0 aromatic rings. The first-order valence-corrected chi connectivity index (χ1v) is 4.87. The van der Waals surface area contributed by atoms with Crippen LogP contribution in [-0.2, 0) is 9.59 Å². The molecule has 2 N–H and O–H groups in total. The fraction of sp³-hybridized carbons (Fsp3) is 0.800. The summed E-state index contributed by atoms with van der Waals surface area (Å²) in [7, 11) is 0. The maximum absolute atomic E-state index is 11.2. The van der Waals surface area contributed by atoms with Crippen LogP contribution < -0.4 is 5.32 Å². The number of carbonyl (C=O) groups excluding carboxylic acids is 1. The number of aliphatic carboxylic acids is 1. The molecule has 4 heteroatoms. The van der Waals surface area contributed by atoms with Gasteiger partial charge in [0.05, 0.1) is 0 Å². The zero-order valence-electron chi connectivity index (χ0n) is 8.46. The van der Waals surface area contributed by atoms with Crippen molar-refractivity contribution in [2.24, 2.45) is 10.8 Å². The van der Waals surface area contributed by atoms with Crippen LogP contribution in [0.15, 0.2) is 0 Å². The number of nitrogens with one attached hydrogen (secondary N) is 1. The van der Waals surface area contributed by atoms with Gasteiger partial charge in [-0.25, -0.2) is 4.79 Å². The Morgan fingerprint density at radius 3 is 2.50 bits per heavy atom. The first-order chi connectivity index (χ1) is 6.35. The second kappa shape index (κ2) is 2.49. The van der Waals surface area contributed by atoms with E-state index in [0.29, 0.717) is 6.42 Å². The number of carboxylic acids is 1. The normalized spacial score (nSPS) is 32.4. The van der Waals surface area contributed by atoms with Crippen LogP contribution in [0.5, 0.6) is 0 Å². The molecule has 78 valence electrons. The van der Waals surface area contributed by atoms with E-state index in [1.54, 1.807) is 0 Å². The van der Waals surface area contributed by atoms with Crippen LogP contribution in [0.25, 0.3) is 0 Å². The molecule has 1 aliphatic heterocycles. The van der Waals surface area contributed by atoms with Crippen molar-refractivity contribution in [2.75, 3.05) is 0 Å². The molecule has 2 rings (SSSR count). The summed E-state index contributed by atoms with van der Waals surface area (Å²) in [5.74, 6) is -1.01.